The van der Waals surface area contributed by atoms with Crippen molar-refractivity contribution >= 4 is 11.8 Å². The molecule has 3 rings (SSSR count). The van der Waals surface area contributed by atoms with Crippen LogP contribution in [0.2, 0.25) is 0 Å². The van der Waals surface area contributed by atoms with Gasteiger partial charge < -0.3 is 9.47 Å². The van der Waals surface area contributed by atoms with Crippen LogP contribution in [-0.4, -0.2) is 43.1 Å². The van der Waals surface area contributed by atoms with Gasteiger partial charge in [0, 0.05) is 18.0 Å². The Bertz CT molecular complexity index is 890. The standard InChI is InChI=1S/C23H26FNO4/c1-5-17(25-22(26)18-8-6-7-9-19(18)23(25)27)11-16-13-20(28-3)15(10-14(2)24)12-21(16)29-4/h6-9,12-14,17H,5,10-11H2,1-4H3. The predicted molar refractivity (Wildman–Crippen MR) is 109 cm³/mol. The third-order valence-electron chi connectivity index (χ3n) is 5.30. The molecule has 2 unspecified atom stereocenters. The lowest BCUT2D eigenvalue weighted by Crippen LogP contribution is -2.40. The number of carbonyl (C=O) groups excluding carboxylic acids is 2. The number of hydrogen-bond acceptors (Lipinski definition) is 4. The van der Waals surface area contributed by atoms with E-state index >= 15 is 0 Å². The minimum Gasteiger partial charge on any atom is -0.496 e. The molecular formula is C23H26FNO4. The van der Waals surface area contributed by atoms with Crippen molar-refractivity contribution in [2.24, 2.45) is 0 Å². The summed E-state index contributed by atoms with van der Waals surface area (Å²) in [6.07, 6.45) is 0.226. The zero-order chi connectivity index (χ0) is 21.1. The Labute approximate surface area is 170 Å². The molecule has 1 aliphatic heterocycles. The van der Waals surface area contributed by atoms with Crippen molar-refractivity contribution in [2.75, 3.05) is 14.2 Å². The molecule has 1 aliphatic rings. The number of hydrogen-bond donors (Lipinski definition) is 0. The molecule has 0 spiro atoms. The van der Waals surface area contributed by atoms with Crippen LogP contribution in [0.4, 0.5) is 4.39 Å². The smallest absolute Gasteiger partial charge is 0.261 e. The first kappa shape index (κ1) is 20.8. The number of ether oxygens (including phenoxy) is 2. The first-order chi connectivity index (χ1) is 13.9. The van der Waals surface area contributed by atoms with Gasteiger partial charge in [0.25, 0.3) is 11.8 Å². The van der Waals surface area contributed by atoms with Gasteiger partial charge in [0.1, 0.15) is 17.7 Å². The van der Waals surface area contributed by atoms with Gasteiger partial charge in [-0.05, 0) is 49.6 Å². The summed E-state index contributed by atoms with van der Waals surface area (Å²) >= 11 is 0. The number of halogens is 1. The summed E-state index contributed by atoms with van der Waals surface area (Å²) in [5.74, 6) is 0.622. The molecule has 2 atom stereocenters. The Kier molecular flexibility index (Phi) is 6.20. The summed E-state index contributed by atoms with van der Waals surface area (Å²) < 4.78 is 24.5. The molecule has 2 amide bonds. The van der Waals surface area contributed by atoms with E-state index in [1.165, 1.54) is 11.8 Å². The van der Waals surface area contributed by atoms with Crippen molar-refractivity contribution < 1.29 is 23.5 Å². The van der Waals surface area contributed by atoms with E-state index in [0.717, 1.165) is 11.1 Å². The van der Waals surface area contributed by atoms with Gasteiger partial charge >= 0.3 is 0 Å². The molecule has 0 aliphatic carbocycles. The summed E-state index contributed by atoms with van der Waals surface area (Å²) in [5, 5.41) is 0. The topological polar surface area (TPSA) is 55.8 Å². The quantitative estimate of drug-likeness (QED) is 0.624. The van der Waals surface area contributed by atoms with Crippen LogP contribution < -0.4 is 9.47 Å². The zero-order valence-electron chi connectivity index (χ0n) is 17.2. The lowest BCUT2D eigenvalue weighted by atomic mass is 9.97. The Balaban J connectivity index is 1.93. The fourth-order valence-corrected chi connectivity index (χ4v) is 3.86. The number of methoxy groups -OCH3 is 2. The van der Waals surface area contributed by atoms with Crippen molar-refractivity contribution in [3.8, 4) is 11.5 Å². The van der Waals surface area contributed by atoms with E-state index in [4.69, 9.17) is 9.47 Å². The summed E-state index contributed by atoms with van der Waals surface area (Å²) in [5.41, 5.74) is 2.40. The van der Waals surface area contributed by atoms with E-state index < -0.39 is 6.17 Å². The molecule has 0 N–H and O–H groups in total. The van der Waals surface area contributed by atoms with Gasteiger partial charge in [0.2, 0.25) is 0 Å². The number of rotatable bonds is 8. The molecule has 0 aromatic heterocycles. The SMILES string of the molecule is CCC(Cc1cc(OC)c(CC(C)F)cc1OC)N1C(=O)c2ccccc2C1=O. The third-order valence-corrected chi connectivity index (χ3v) is 5.30. The second kappa shape index (κ2) is 8.64. The summed E-state index contributed by atoms with van der Waals surface area (Å²) in [4.78, 5) is 27.1. The van der Waals surface area contributed by atoms with Gasteiger partial charge in [-0.1, -0.05) is 19.1 Å². The normalized spacial score (nSPS) is 15.3. The van der Waals surface area contributed by atoms with Crippen LogP contribution in [0, 0.1) is 0 Å². The zero-order valence-corrected chi connectivity index (χ0v) is 17.2. The number of fused-ring (bicyclic) bond motifs is 1. The Hall–Kier alpha value is -2.89. The van der Waals surface area contributed by atoms with Gasteiger partial charge in [-0.2, -0.15) is 0 Å². The predicted octanol–water partition coefficient (Wildman–Crippen LogP) is 4.22. The number of alkyl halides is 1. The van der Waals surface area contributed by atoms with Crippen molar-refractivity contribution in [1.82, 2.24) is 4.90 Å². The molecule has 0 bridgehead atoms. The molecule has 0 fully saturated rings. The van der Waals surface area contributed by atoms with Crippen molar-refractivity contribution in [2.45, 2.75) is 45.3 Å². The minimum atomic E-state index is -1.01. The average molecular weight is 399 g/mol. The molecule has 154 valence electrons. The molecule has 5 nitrogen and oxygen atoms in total. The second-order valence-electron chi connectivity index (χ2n) is 7.25. The van der Waals surface area contributed by atoms with E-state index in [9.17, 15) is 14.0 Å². The molecular weight excluding hydrogens is 373 g/mol. The number of benzene rings is 2. The Morgan fingerprint density at radius 3 is 1.83 bits per heavy atom. The summed E-state index contributed by atoms with van der Waals surface area (Å²) in [6.45, 7) is 3.44. The fourth-order valence-electron chi connectivity index (χ4n) is 3.86. The highest BCUT2D eigenvalue weighted by Gasteiger charge is 2.39. The van der Waals surface area contributed by atoms with Crippen molar-refractivity contribution in [3.63, 3.8) is 0 Å². The number of amides is 2. The summed E-state index contributed by atoms with van der Waals surface area (Å²) in [6, 6.07) is 10.1. The molecule has 0 saturated carbocycles. The molecule has 0 radical (unpaired) electrons. The van der Waals surface area contributed by atoms with Gasteiger partial charge in [0.05, 0.1) is 25.3 Å². The van der Waals surface area contributed by atoms with Crippen LogP contribution >= 0.6 is 0 Å². The van der Waals surface area contributed by atoms with E-state index in [2.05, 4.69) is 0 Å². The number of imide groups is 1. The van der Waals surface area contributed by atoms with Crippen LogP contribution in [0.25, 0.3) is 0 Å². The molecule has 1 heterocycles. The molecule has 2 aromatic carbocycles. The fraction of sp³-hybridized carbons (Fsp3) is 0.391. The maximum absolute atomic E-state index is 13.5. The number of carbonyl (C=O) groups is 2. The highest BCUT2D eigenvalue weighted by Crippen LogP contribution is 2.33. The van der Waals surface area contributed by atoms with E-state index in [0.29, 0.717) is 35.5 Å². The third kappa shape index (κ3) is 3.97. The van der Waals surface area contributed by atoms with E-state index in [1.807, 2.05) is 13.0 Å². The van der Waals surface area contributed by atoms with E-state index in [1.54, 1.807) is 44.6 Å². The maximum Gasteiger partial charge on any atom is 0.261 e. The largest absolute Gasteiger partial charge is 0.496 e. The maximum atomic E-state index is 13.5. The highest BCUT2D eigenvalue weighted by molar-refractivity contribution is 6.21. The van der Waals surface area contributed by atoms with Gasteiger partial charge in [-0.25, -0.2) is 4.39 Å². The first-order valence-electron chi connectivity index (χ1n) is 9.75. The monoisotopic (exact) mass is 399 g/mol. The molecule has 2 aromatic rings. The molecule has 6 heteroatoms. The lowest BCUT2D eigenvalue weighted by Gasteiger charge is -2.26. The van der Waals surface area contributed by atoms with Gasteiger partial charge in [0.15, 0.2) is 0 Å². The van der Waals surface area contributed by atoms with Crippen molar-refractivity contribution in [1.29, 1.82) is 0 Å². The second-order valence-corrected chi connectivity index (χ2v) is 7.25. The minimum absolute atomic E-state index is 0.218. The van der Waals surface area contributed by atoms with Gasteiger partial charge in [-0.3, -0.25) is 14.5 Å². The van der Waals surface area contributed by atoms with Crippen LogP contribution in [0.15, 0.2) is 36.4 Å². The van der Waals surface area contributed by atoms with Crippen LogP contribution in [-0.2, 0) is 12.8 Å². The lowest BCUT2D eigenvalue weighted by molar-refractivity contribution is 0.0579. The average Bonchev–Trinajstić information content (AvgIpc) is 2.97. The van der Waals surface area contributed by atoms with E-state index in [-0.39, 0.29) is 24.3 Å². The van der Waals surface area contributed by atoms with Gasteiger partial charge in [-0.15, -0.1) is 0 Å². The van der Waals surface area contributed by atoms with Crippen LogP contribution in [0.5, 0.6) is 11.5 Å². The van der Waals surface area contributed by atoms with Crippen LogP contribution in [0.3, 0.4) is 0 Å². The van der Waals surface area contributed by atoms with Crippen molar-refractivity contribution in [3.05, 3.63) is 58.7 Å². The molecule has 29 heavy (non-hydrogen) atoms. The Morgan fingerprint density at radius 1 is 0.931 bits per heavy atom. The number of nitrogens with zero attached hydrogens (tertiary/aromatic N) is 1. The molecule has 0 saturated heterocycles. The highest BCUT2D eigenvalue weighted by atomic mass is 19.1. The Morgan fingerprint density at radius 2 is 1.41 bits per heavy atom. The van der Waals surface area contributed by atoms with Crippen LogP contribution in [0.1, 0.15) is 52.1 Å². The first-order valence-corrected chi connectivity index (χ1v) is 9.75. The summed E-state index contributed by atoms with van der Waals surface area (Å²) in [7, 11) is 3.09.